The van der Waals surface area contributed by atoms with Crippen molar-refractivity contribution in [3.05, 3.63) is 56.9 Å². The Morgan fingerprint density at radius 1 is 1.29 bits per heavy atom. The molecule has 2 aromatic rings. The van der Waals surface area contributed by atoms with Crippen LogP contribution in [0, 0.1) is 0 Å². The molecule has 0 aliphatic heterocycles. The molecule has 0 spiro atoms. The molecular weight excluding hydrogens is 336 g/mol. The highest BCUT2D eigenvalue weighted by Gasteiger charge is 2.09. The fourth-order valence-corrected chi connectivity index (χ4v) is 2.05. The number of hydrogen-bond acceptors (Lipinski definition) is 3. The van der Waals surface area contributed by atoms with Gasteiger partial charge in [-0.1, -0.05) is 0 Å². The summed E-state index contributed by atoms with van der Waals surface area (Å²) in [7, 11) is 0. The second-order valence-corrected chi connectivity index (χ2v) is 5.62. The van der Waals surface area contributed by atoms with Crippen LogP contribution in [-0.2, 0) is 0 Å². The van der Waals surface area contributed by atoms with Crippen molar-refractivity contribution in [2.75, 3.05) is 5.32 Å². The van der Waals surface area contributed by atoms with Gasteiger partial charge in [0.2, 0.25) is 0 Å². The van der Waals surface area contributed by atoms with Gasteiger partial charge in [0.15, 0.2) is 0 Å². The molecule has 1 aromatic heterocycles. The molecule has 0 aliphatic carbocycles. The number of benzene rings is 1. The molecule has 2 rings (SSSR count). The topological polar surface area (TPSA) is 71.2 Å². The van der Waals surface area contributed by atoms with E-state index in [-0.39, 0.29) is 23.3 Å². The highest BCUT2D eigenvalue weighted by Crippen LogP contribution is 2.15. The van der Waals surface area contributed by atoms with Crippen molar-refractivity contribution in [3.63, 3.8) is 0 Å². The standard InChI is InChI=1S/C15H15BrN2O3/c1-9(2)21-12-5-3-10(4-6-12)14(19)18-13-7-11(16)8-17-15(13)20/h3-9H,1-2H3,(H,17,20)(H,18,19). The van der Waals surface area contributed by atoms with E-state index in [0.29, 0.717) is 15.8 Å². The summed E-state index contributed by atoms with van der Waals surface area (Å²) in [5, 5.41) is 2.57. The fourth-order valence-electron chi connectivity index (χ4n) is 1.70. The first-order chi connectivity index (χ1) is 9.95. The highest BCUT2D eigenvalue weighted by molar-refractivity contribution is 9.10. The zero-order valence-electron chi connectivity index (χ0n) is 11.6. The number of hydrogen-bond donors (Lipinski definition) is 2. The molecule has 0 fully saturated rings. The predicted molar refractivity (Wildman–Crippen MR) is 84.9 cm³/mol. The zero-order valence-corrected chi connectivity index (χ0v) is 13.2. The Labute approximate surface area is 130 Å². The molecule has 5 nitrogen and oxygen atoms in total. The number of halogens is 1. The molecule has 0 bridgehead atoms. The molecule has 6 heteroatoms. The van der Waals surface area contributed by atoms with Crippen molar-refractivity contribution in [1.82, 2.24) is 4.98 Å². The van der Waals surface area contributed by atoms with Gasteiger partial charge in [-0.3, -0.25) is 9.59 Å². The van der Waals surface area contributed by atoms with Crippen LogP contribution in [0.25, 0.3) is 0 Å². The van der Waals surface area contributed by atoms with Crippen molar-refractivity contribution in [2.24, 2.45) is 0 Å². The zero-order chi connectivity index (χ0) is 15.4. The monoisotopic (exact) mass is 350 g/mol. The van der Waals surface area contributed by atoms with Gasteiger partial charge in [0, 0.05) is 16.2 Å². The number of H-pyrrole nitrogens is 1. The second-order valence-electron chi connectivity index (χ2n) is 4.71. The van der Waals surface area contributed by atoms with Gasteiger partial charge in [-0.25, -0.2) is 0 Å². The van der Waals surface area contributed by atoms with Gasteiger partial charge in [0.25, 0.3) is 11.5 Å². The molecule has 1 aromatic carbocycles. The van der Waals surface area contributed by atoms with Gasteiger partial charge in [-0.15, -0.1) is 0 Å². The Morgan fingerprint density at radius 3 is 2.57 bits per heavy atom. The Bertz CT molecular complexity index is 693. The number of pyridine rings is 1. The van der Waals surface area contributed by atoms with Gasteiger partial charge >= 0.3 is 0 Å². The Hall–Kier alpha value is -2.08. The molecule has 2 N–H and O–H groups in total. The van der Waals surface area contributed by atoms with Crippen LogP contribution >= 0.6 is 15.9 Å². The van der Waals surface area contributed by atoms with Gasteiger partial charge in [-0.05, 0) is 60.1 Å². The van der Waals surface area contributed by atoms with Crippen molar-refractivity contribution < 1.29 is 9.53 Å². The van der Waals surface area contributed by atoms with Gasteiger partial charge in [0.1, 0.15) is 11.4 Å². The normalized spacial score (nSPS) is 10.5. The van der Waals surface area contributed by atoms with E-state index in [1.54, 1.807) is 30.3 Å². The smallest absolute Gasteiger partial charge is 0.271 e. The number of rotatable bonds is 4. The number of amides is 1. The maximum absolute atomic E-state index is 12.1. The summed E-state index contributed by atoms with van der Waals surface area (Å²) in [4.78, 5) is 26.2. The Balaban J connectivity index is 2.13. The lowest BCUT2D eigenvalue weighted by molar-refractivity contribution is 0.102. The number of nitrogens with one attached hydrogen (secondary N) is 2. The summed E-state index contributed by atoms with van der Waals surface area (Å²) in [5.41, 5.74) is 0.286. The van der Waals surface area contributed by atoms with Crippen LogP contribution in [0.1, 0.15) is 24.2 Å². The average molecular weight is 351 g/mol. The number of carbonyl (C=O) groups excluding carboxylic acids is 1. The molecule has 0 aliphatic rings. The van der Waals surface area contributed by atoms with Crippen LogP contribution in [0.5, 0.6) is 5.75 Å². The average Bonchev–Trinajstić information content (AvgIpc) is 2.43. The summed E-state index contributed by atoms with van der Waals surface area (Å²) in [6.45, 7) is 3.86. The number of anilines is 1. The minimum atomic E-state index is -0.355. The lowest BCUT2D eigenvalue weighted by Crippen LogP contribution is -2.19. The number of aromatic amines is 1. The first kappa shape index (κ1) is 15.3. The van der Waals surface area contributed by atoms with E-state index in [9.17, 15) is 9.59 Å². The Morgan fingerprint density at radius 2 is 1.95 bits per heavy atom. The summed E-state index contributed by atoms with van der Waals surface area (Å²) < 4.78 is 6.19. The number of ether oxygens (including phenoxy) is 1. The minimum Gasteiger partial charge on any atom is -0.491 e. The third kappa shape index (κ3) is 4.19. The third-order valence-electron chi connectivity index (χ3n) is 2.60. The van der Waals surface area contributed by atoms with Crippen molar-refractivity contribution in [2.45, 2.75) is 20.0 Å². The lowest BCUT2D eigenvalue weighted by atomic mass is 10.2. The number of carbonyl (C=O) groups is 1. The number of aromatic nitrogens is 1. The molecule has 0 saturated heterocycles. The van der Waals surface area contributed by atoms with E-state index in [2.05, 4.69) is 26.2 Å². The molecule has 0 radical (unpaired) electrons. The van der Waals surface area contributed by atoms with Crippen molar-refractivity contribution in [1.29, 1.82) is 0 Å². The SMILES string of the molecule is CC(C)Oc1ccc(C(=O)Nc2cc(Br)c[nH]c2=O)cc1. The highest BCUT2D eigenvalue weighted by atomic mass is 79.9. The van der Waals surface area contributed by atoms with Crippen LogP contribution in [0.4, 0.5) is 5.69 Å². The van der Waals surface area contributed by atoms with Crippen LogP contribution in [-0.4, -0.2) is 17.0 Å². The van der Waals surface area contributed by atoms with Gasteiger partial charge in [-0.2, -0.15) is 0 Å². The second kappa shape index (κ2) is 6.58. The summed E-state index contributed by atoms with van der Waals surface area (Å²) in [5.74, 6) is 0.344. The van der Waals surface area contributed by atoms with E-state index in [1.807, 2.05) is 13.8 Å². The van der Waals surface area contributed by atoms with E-state index in [4.69, 9.17) is 4.74 Å². The van der Waals surface area contributed by atoms with E-state index >= 15 is 0 Å². The first-order valence-corrected chi connectivity index (χ1v) is 7.21. The lowest BCUT2D eigenvalue weighted by Gasteiger charge is -2.10. The largest absolute Gasteiger partial charge is 0.491 e. The molecule has 1 heterocycles. The molecule has 0 atom stereocenters. The maximum Gasteiger partial charge on any atom is 0.271 e. The van der Waals surface area contributed by atoms with Crippen LogP contribution in [0.15, 0.2) is 45.8 Å². The fraction of sp³-hybridized carbons (Fsp3) is 0.200. The maximum atomic E-state index is 12.1. The molecule has 110 valence electrons. The van der Waals surface area contributed by atoms with Crippen molar-refractivity contribution in [3.8, 4) is 5.75 Å². The minimum absolute atomic E-state index is 0.0740. The summed E-state index contributed by atoms with van der Waals surface area (Å²) in [6.07, 6.45) is 1.58. The van der Waals surface area contributed by atoms with Gasteiger partial charge < -0.3 is 15.0 Å². The van der Waals surface area contributed by atoms with E-state index in [0.717, 1.165) is 0 Å². The van der Waals surface area contributed by atoms with Gasteiger partial charge in [0.05, 0.1) is 6.10 Å². The van der Waals surface area contributed by atoms with E-state index < -0.39 is 0 Å². The van der Waals surface area contributed by atoms with Crippen molar-refractivity contribution >= 4 is 27.5 Å². The first-order valence-electron chi connectivity index (χ1n) is 6.42. The summed E-state index contributed by atoms with van der Waals surface area (Å²) >= 11 is 3.24. The third-order valence-corrected chi connectivity index (χ3v) is 3.06. The quantitative estimate of drug-likeness (QED) is 0.889. The van der Waals surface area contributed by atoms with Crippen LogP contribution < -0.4 is 15.6 Å². The molecule has 1 amide bonds. The molecule has 21 heavy (non-hydrogen) atoms. The summed E-state index contributed by atoms with van der Waals surface area (Å²) in [6, 6.07) is 8.30. The molecule has 0 unspecified atom stereocenters. The van der Waals surface area contributed by atoms with Crippen LogP contribution in [0.2, 0.25) is 0 Å². The predicted octanol–water partition coefficient (Wildman–Crippen LogP) is 3.18. The molecular formula is C15H15BrN2O3. The Kier molecular flexibility index (Phi) is 4.80. The molecule has 0 saturated carbocycles. The van der Waals surface area contributed by atoms with E-state index in [1.165, 1.54) is 6.20 Å². The van der Waals surface area contributed by atoms with Crippen LogP contribution in [0.3, 0.4) is 0 Å².